The standard InChI is InChI=1S/C17H18F3N7S.HI/c1-21-16(23-7-6-15-26-14(9-28-15)17(18,19)20)24-8-12-2-4-13(5-3-12)27-11-22-10-25-27;/h2-5,9-11H,6-8H2,1H3,(H2,21,23,24);1H. The molecule has 2 aromatic heterocycles. The molecule has 0 fully saturated rings. The fourth-order valence-electron chi connectivity index (χ4n) is 2.36. The van der Waals surface area contributed by atoms with Crippen molar-refractivity contribution in [1.82, 2.24) is 30.4 Å². The number of aliphatic imine (C=N–C) groups is 1. The molecule has 2 heterocycles. The monoisotopic (exact) mass is 537 g/mol. The molecule has 3 aromatic rings. The Morgan fingerprint density at radius 2 is 1.97 bits per heavy atom. The molecule has 0 atom stereocenters. The van der Waals surface area contributed by atoms with Crippen molar-refractivity contribution in [3.8, 4) is 5.69 Å². The topological polar surface area (TPSA) is 80.0 Å². The molecule has 0 unspecified atom stereocenters. The van der Waals surface area contributed by atoms with Crippen LogP contribution in [-0.4, -0.2) is 39.3 Å². The minimum absolute atomic E-state index is 0. The first-order valence-corrected chi connectivity index (χ1v) is 9.24. The molecule has 0 aliphatic carbocycles. The fourth-order valence-corrected chi connectivity index (χ4v) is 3.16. The lowest BCUT2D eigenvalue weighted by Gasteiger charge is -2.11. The second-order valence-corrected chi connectivity index (χ2v) is 6.68. The highest BCUT2D eigenvalue weighted by Gasteiger charge is 2.33. The van der Waals surface area contributed by atoms with E-state index < -0.39 is 11.9 Å². The van der Waals surface area contributed by atoms with Crippen LogP contribution in [0.25, 0.3) is 5.69 Å². The Morgan fingerprint density at radius 3 is 2.55 bits per heavy atom. The third kappa shape index (κ3) is 6.66. The molecule has 0 aliphatic heterocycles. The first kappa shape index (κ1) is 23.1. The Bertz CT molecular complexity index is 908. The first-order chi connectivity index (χ1) is 13.5. The summed E-state index contributed by atoms with van der Waals surface area (Å²) < 4.78 is 39.4. The van der Waals surface area contributed by atoms with E-state index in [0.717, 1.165) is 28.0 Å². The molecule has 156 valence electrons. The van der Waals surface area contributed by atoms with Crippen LogP contribution in [0.1, 0.15) is 16.3 Å². The van der Waals surface area contributed by atoms with E-state index in [1.807, 2.05) is 24.3 Å². The van der Waals surface area contributed by atoms with Crippen molar-refractivity contribution in [3.05, 3.63) is 58.6 Å². The Hall–Kier alpha value is -2.22. The first-order valence-electron chi connectivity index (χ1n) is 8.36. The molecule has 0 saturated heterocycles. The van der Waals surface area contributed by atoms with Crippen LogP contribution in [-0.2, 0) is 19.1 Å². The van der Waals surface area contributed by atoms with Crippen molar-refractivity contribution in [2.24, 2.45) is 4.99 Å². The van der Waals surface area contributed by atoms with Crippen LogP contribution in [0.2, 0.25) is 0 Å². The average Bonchev–Trinajstić information content (AvgIpc) is 3.36. The van der Waals surface area contributed by atoms with E-state index in [4.69, 9.17) is 0 Å². The van der Waals surface area contributed by atoms with Crippen molar-refractivity contribution in [2.45, 2.75) is 19.1 Å². The number of halogens is 4. The number of nitrogens with zero attached hydrogens (tertiary/aromatic N) is 5. The number of alkyl halides is 3. The lowest BCUT2D eigenvalue weighted by molar-refractivity contribution is -0.140. The largest absolute Gasteiger partial charge is 0.434 e. The maximum atomic E-state index is 12.6. The molecule has 2 N–H and O–H groups in total. The van der Waals surface area contributed by atoms with Gasteiger partial charge in [0, 0.05) is 31.9 Å². The van der Waals surface area contributed by atoms with Gasteiger partial charge in [0.2, 0.25) is 0 Å². The number of hydrogen-bond acceptors (Lipinski definition) is 5. The highest BCUT2D eigenvalue weighted by molar-refractivity contribution is 14.0. The summed E-state index contributed by atoms with van der Waals surface area (Å²) in [6.07, 6.45) is -0.919. The average molecular weight is 537 g/mol. The molecular formula is C17H19F3IN7S. The van der Waals surface area contributed by atoms with Gasteiger partial charge in [0.1, 0.15) is 12.7 Å². The Balaban J connectivity index is 0.00000300. The summed E-state index contributed by atoms with van der Waals surface area (Å²) in [5.74, 6) is 0.563. The maximum Gasteiger partial charge on any atom is 0.434 e. The van der Waals surface area contributed by atoms with Crippen molar-refractivity contribution in [2.75, 3.05) is 13.6 Å². The summed E-state index contributed by atoms with van der Waals surface area (Å²) in [5.41, 5.74) is 1.11. The van der Waals surface area contributed by atoms with E-state index in [-0.39, 0.29) is 24.0 Å². The molecule has 0 spiro atoms. The zero-order valence-electron chi connectivity index (χ0n) is 15.3. The lowest BCUT2D eigenvalue weighted by atomic mass is 10.2. The highest BCUT2D eigenvalue weighted by Crippen LogP contribution is 2.29. The van der Waals surface area contributed by atoms with Gasteiger partial charge in [-0.1, -0.05) is 12.1 Å². The van der Waals surface area contributed by atoms with Crippen LogP contribution in [0.5, 0.6) is 0 Å². The summed E-state index contributed by atoms with van der Waals surface area (Å²) >= 11 is 1.00. The molecule has 7 nitrogen and oxygen atoms in total. The quantitative estimate of drug-likeness (QED) is 0.287. The Kier molecular flexibility index (Phi) is 8.37. The van der Waals surface area contributed by atoms with E-state index in [9.17, 15) is 13.2 Å². The van der Waals surface area contributed by atoms with Crippen molar-refractivity contribution < 1.29 is 13.2 Å². The molecular weight excluding hydrogens is 518 g/mol. The summed E-state index contributed by atoms with van der Waals surface area (Å²) in [6.45, 7) is 0.975. The van der Waals surface area contributed by atoms with Gasteiger partial charge in [-0.25, -0.2) is 14.6 Å². The van der Waals surface area contributed by atoms with Gasteiger partial charge in [-0.3, -0.25) is 4.99 Å². The maximum absolute atomic E-state index is 12.6. The molecule has 0 aliphatic rings. The normalized spacial score (nSPS) is 11.8. The zero-order valence-corrected chi connectivity index (χ0v) is 18.5. The van der Waals surface area contributed by atoms with E-state index >= 15 is 0 Å². The summed E-state index contributed by atoms with van der Waals surface area (Å²) in [6, 6.07) is 7.79. The highest BCUT2D eigenvalue weighted by atomic mass is 127. The van der Waals surface area contributed by atoms with Crippen LogP contribution >= 0.6 is 35.3 Å². The van der Waals surface area contributed by atoms with Crippen LogP contribution in [0.4, 0.5) is 13.2 Å². The molecule has 3 rings (SSSR count). The summed E-state index contributed by atoms with van der Waals surface area (Å²) in [5, 5.41) is 11.8. The Morgan fingerprint density at radius 1 is 1.21 bits per heavy atom. The second kappa shape index (κ2) is 10.5. The molecule has 12 heteroatoms. The number of nitrogens with one attached hydrogen (secondary N) is 2. The lowest BCUT2D eigenvalue weighted by Crippen LogP contribution is -2.37. The van der Waals surface area contributed by atoms with Gasteiger partial charge in [0.05, 0.1) is 10.7 Å². The van der Waals surface area contributed by atoms with E-state index in [1.54, 1.807) is 18.1 Å². The predicted octanol–water partition coefficient (Wildman–Crippen LogP) is 3.27. The number of hydrogen-bond donors (Lipinski definition) is 2. The van der Waals surface area contributed by atoms with Gasteiger partial charge >= 0.3 is 6.18 Å². The van der Waals surface area contributed by atoms with Crippen molar-refractivity contribution in [3.63, 3.8) is 0 Å². The molecule has 29 heavy (non-hydrogen) atoms. The second-order valence-electron chi connectivity index (χ2n) is 5.73. The van der Waals surface area contributed by atoms with Crippen LogP contribution in [0, 0.1) is 0 Å². The number of aromatic nitrogens is 4. The molecule has 1 aromatic carbocycles. The smallest absolute Gasteiger partial charge is 0.356 e. The van der Waals surface area contributed by atoms with Gasteiger partial charge in [-0.15, -0.1) is 35.3 Å². The Labute approximate surface area is 186 Å². The fraction of sp³-hybridized carbons (Fsp3) is 0.294. The SMILES string of the molecule is CN=C(NCCc1nc(C(F)(F)F)cs1)NCc1ccc(-n2cncn2)cc1.I. The van der Waals surface area contributed by atoms with Gasteiger partial charge in [-0.2, -0.15) is 18.3 Å². The summed E-state index contributed by atoms with van der Waals surface area (Å²) in [4.78, 5) is 11.6. The number of guanidine groups is 1. The summed E-state index contributed by atoms with van der Waals surface area (Å²) in [7, 11) is 1.63. The predicted molar refractivity (Wildman–Crippen MR) is 116 cm³/mol. The van der Waals surface area contributed by atoms with Gasteiger partial charge in [0.15, 0.2) is 11.7 Å². The van der Waals surface area contributed by atoms with Crippen molar-refractivity contribution >= 4 is 41.3 Å². The minimum atomic E-state index is -4.40. The third-order valence-corrected chi connectivity index (χ3v) is 4.69. The van der Waals surface area contributed by atoms with Crippen LogP contribution in [0.15, 0.2) is 47.3 Å². The zero-order chi connectivity index (χ0) is 20.0. The molecule has 0 amide bonds. The van der Waals surface area contributed by atoms with Crippen molar-refractivity contribution in [1.29, 1.82) is 0 Å². The van der Waals surface area contributed by atoms with Gasteiger partial charge < -0.3 is 10.6 Å². The van der Waals surface area contributed by atoms with E-state index in [2.05, 4.69) is 30.7 Å². The van der Waals surface area contributed by atoms with E-state index in [0.29, 0.717) is 30.5 Å². The number of rotatable bonds is 6. The number of benzene rings is 1. The van der Waals surface area contributed by atoms with Crippen LogP contribution in [0.3, 0.4) is 0 Å². The third-order valence-electron chi connectivity index (χ3n) is 3.78. The van der Waals surface area contributed by atoms with E-state index in [1.165, 1.54) is 6.33 Å². The van der Waals surface area contributed by atoms with Crippen LogP contribution < -0.4 is 10.6 Å². The molecule has 0 radical (unpaired) electrons. The minimum Gasteiger partial charge on any atom is -0.356 e. The molecule has 0 bridgehead atoms. The number of thiazole rings is 1. The van der Waals surface area contributed by atoms with Gasteiger partial charge in [0.25, 0.3) is 0 Å². The molecule has 0 saturated carbocycles. The van der Waals surface area contributed by atoms with Gasteiger partial charge in [-0.05, 0) is 17.7 Å².